The fourth-order valence-corrected chi connectivity index (χ4v) is 8.00. The first-order valence-corrected chi connectivity index (χ1v) is 11.7. The Balaban J connectivity index is 1.18. The van der Waals surface area contributed by atoms with Crippen molar-refractivity contribution in [2.45, 2.75) is 57.4 Å². The second-order valence-electron chi connectivity index (χ2n) is 10.6. The maximum atomic E-state index is 13.4. The van der Waals surface area contributed by atoms with E-state index in [-0.39, 0.29) is 16.9 Å². The fourth-order valence-electron chi connectivity index (χ4n) is 7.76. The second kappa shape index (κ2) is 6.40. The molecule has 5 nitrogen and oxygen atoms in total. The van der Waals surface area contributed by atoms with Crippen molar-refractivity contribution in [1.82, 2.24) is 14.8 Å². The third-order valence-corrected chi connectivity index (χ3v) is 8.87. The standard InChI is InChI=1S/C23H29N3O2S/c27-20-3-1-2-19-18-7-17(12-26(19)20)11-25(13-18)22(29)24-21(28)23-8-14-4-15(9-23)6-16(5-14)10-23/h1-3,14-18H,4-13H2,(H,24,28,29). The first-order chi connectivity index (χ1) is 14.0. The van der Waals surface area contributed by atoms with Gasteiger partial charge in [0.25, 0.3) is 5.56 Å². The molecule has 0 aromatic carbocycles. The number of piperidine rings is 1. The minimum absolute atomic E-state index is 0.100. The molecule has 2 atom stereocenters. The van der Waals surface area contributed by atoms with Crippen LogP contribution in [0.1, 0.15) is 56.6 Å². The highest BCUT2D eigenvalue weighted by Gasteiger charge is 2.54. The van der Waals surface area contributed by atoms with Gasteiger partial charge in [0.05, 0.1) is 5.41 Å². The van der Waals surface area contributed by atoms with E-state index >= 15 is 0 Å². The maximum Gasteiger partial charge on any atom is 0.250 e. The number of amides is 1. The highest BCUT2D eigenvalue weighted by molar-refractivity contribution is 7.80. The smallest absolute Gasteiger partial charge is 0.250 e. The summed E-state index contributed by atoms with van der Waals surface area (Å²) < 4.78 is 1.94. The molecule has 0 spiro atoms. The first-order valence-electron chi connectivity index (χ1n) is 11.3. The zero-order valence-electron chi connectivity index (χ0n) is 16.8. The highest BCUT2D eigenvalue weighted by Crippen LogP contribution is 2.60. The van der Waals surface area contributed by atoms with Gasteiger partial charge in [-0.25, -0.2) is 0 Å². The van der Waals surface area contributed by atoms with Crippen LogP contribution in [-0.4, -0.2) is 33.6 Å². The van der Waals surface area contributed by atoms with Crippen LogP contribution in [0.25, 0.3) is 0 Å². The van der Waals surface area contributed by atoms with Gasteiger partial charge in [-0.15, -0.1) is 0 Å². The first kappa shape index (κ1) is 18.1. The number of hydrogen-bond acceptors (Lipinski definition) is 3. The predicted molar refractivity (Wildman–Crippen MR) is 114 cm³/mol. The minimum Gasteiger partial charge on any atom is -0.348 e. The van der Waals surface area contributed by atoms with Crippen LogP contribution in [-0.2, 0) is 11.3 Å². The molecule has 0 radical (unpaired) electrons. The van der Waals surface area contributed by atoms with E-state index < -0.39 is 0 Å². The number of pyridine rings is 1. The van der Waals surface area contributed by atoms with Crippen molar-refractivity contribution < 1.29 is 4.79 Å². The summed E-state index contributed by atoms with van der Waals surface area (Å²) in [6.07, 6.45) is 8.31. The molecule has 6 bridgehead atoms. The van der Waals surface area contributed by atoms with Crippen LogP contribution < -0.4 is 10.9 Å². The molecule has 1 aromatic heterocycles. The van der Waals surface area contributed by atoms with Gasteiger partial charge in [0.1, 0.15) is 0 Å². The molecule has 29 heavy (non-hydrogen) atoms. The quantitative estimate of drug-likeness (QED) is 0.722. The molecule has 5 fully saturated rings. The Morgan fingerprint density at radius 2 is 1.66 bits per heavy atom. The molecular formula is C23H29N3O2S. The van der Waals surface area contributed by atoms with E-state index in [1.54, 1.807) is 6.07 Å². The van der Waals surface area contributed by atoms with E-state index in [9.17, 15) is 9.59 Å². The lowest BCUT2D eigenvalue weighted by atomic mass is 9.49. The van der Waals surface area contributed by atoms with Gasteiger partial charge in [-0.3, -0.25) is 9.59 Å². The maximum absolute atomic E-state index is 13.4. The summed E-state index contributed by atoms with van der Waals surface area (Å²) in [4.78, 5) is 27.8. The van der Waals surface area contributed by atoms with E-state index in [0.29, 0.717) is 16.9 Å². The van der Waals surface area contributed by atoms with E-state index in [4.69, 9.17) is 12.2 Å². The molecule has 1 saturated heterocycles. The van der Waals surface area contributed by atoms with Gasteiger partial charge in [0, 0.05) is 37.3 Å². The zero-order chi connectivity index (χ0) is 19.8. The van der Waals surface area contributed by atoms with Gasteiger partial charge in [-0.05, 0) is 86.9 Å². The van der Waals surface area contributed by atoms with Crippen molar-refractivity contribution in [3.8, 4) is 0 Å². The minimum atomic E-state index is -0.162. The van der Waals surface area contributed by atoms with Crippen molar-refractivity contribution in [2.75, 3.05) is 13.1 Å². The number of carbonyl (C=O) groups excluding carboxylic acids is 1. The third kappa shape index (κ3) is 2.89. The average molecular weight is 412 g/mol. The molecule has 4 aliphatic carbocycles. The van der Waals surface area contributed by atoms with Crippen molar-refractivity contribution in [1.29, 1.82) is 0 Å². The number of hydrogen-bond donors (Lipinski definition) is 1. The number of nitrogens with zero attached hydrogens (tertiary/aromatic N) is 2. The van der Waals surface area contributed by atoms with E-state index in [2.05, 4.69) is 16.3 Å². The van der Waals surface area contributed by atoms with Crippen LogP contribution in [0.2, 0.25) is 0 Å². The monoisotopic (exact) mass is 411 g/mol. The van der Waals surface area contributed by atoms with Crippen LogP contribution in [0.5, 0.6) is 0 Å². The van der Waals surface area contributed by atoms with Crippen LogP contribution in [0.3, 0.4) is 0 Å². The summed E-state index contributed by atoms with van der Waals surface area (Å²) in [5.74, 6) is 3.18. The number of thiocarbonyl (C=S) groups is 1. The summed E-state index contributed by atoms with van der Waals surface area (Å²) in [7, 11) is 0. The Labute approximate surface area is 176 Å². The van der Waals surface area contributed by atoms with Gasteiger partial charge in [0.15, 0.2) is 5.11 Å². The van der Waals surface area contributed by atoms with Crippen LogP contribution in [0.4, 0.5) is 0 Å². The Hall–Kier alpha value is -1.69. The van der Waals surface area contributed by atoms with Crippen LogP contribution >= 0.6 is 12.2 Å². The molecule has 2 unspecified atom stereocenters. The van der Waals surface area contributed by atoms with E-state index in [0.717, 1.165) is 68.8 Å². The average Bonchev–Trinajstić information content (AvgIpc) is 2.67. The van der Waals surface area contributed by atoms with Gasteiger partial charge in [-0.1, -0.05) is 6.07 Å². The molecule has 2 aliphatic heterocycles. The molecule has 154 valence electrons. The molecule has 3 heterocycles. The molecule has 6 aliphatic rings. The molecule has 1 amide bonds. The van der Waals surface area contributed by atoms with Gasteiger partial charge in [0.2, 0.25) is 5.91 Å². The molecule has 7 rings (SSSR count). The number of fused-ring (bicyclic) bond motifs is 4. The summed E-state index contributed by atoms with van der Waals surface area (Å²) >= 11 is 5.73. The number of likely N-dealkylation sites (tertiary alicyclic amines) is 1. The van der Waals surface area contributed by atoms with Crippen molar-refractivity contribution in [2.24, 2.45) is 29.1 Å². The molecule has 1 aromatic rings. The van der Waals surface area contributed by atoms with Gasteiger partial charge < -0.3 is 14.8 Å². The predicted octanol–water partition coefficient (Wildman–Crippen LogP) is 2.88. The normalized spacial score (nSPS) is 39.2. The summed E-state index contributed by atoms with van der Waals surface area (Å²) in [6.45, 7) is 2.38. The van der Waals surface area contributed by atoms with E-state index in [1.807, 2.05) is 10.6 Å². The number of nitrogens with one attached hydrogen (secondary N) is 1. The fraction of sp³-hybridized carbons (Fsp3) is 0.696. The van der Waals surface area contributed by atoms with Crippen molar-refractivity contribution >= 4 is 23.2 Å². The Kier molecular flexibility index (Phi) is 4.00. The highest BCUT2D eigenvalue weighted by atomic mass is 32.1. The van der Waals surface area contributed by atoms with Crippen molar-refractivity contribution in [3.05, 3.63) is 34.2 Å². The molecule has 4 saturated carbocycles. The third-order valence-electron chi connectivity index (χ3n) is 8.51. The lowest BCUT2D eigenvalue weighted by Crippen LogP contribution is -2.58. The zero-order valence-corrected chi connectivity index (χ0v) is 17.6. The lowest BCUT2D eigenvalue weighted by Gasteiger charge is -2.55. The molecular weight excluding hydrogens is 382 g/mol. The Morgan fingerprint density at radius 1 is 0.966 bits per heavy atom. The largest absolute Gasteiger partial charge is 0.348 e. The molecule has 6 heteroatoms. The van der Waals surface area contributed by atoms with E-state index in [1.165, 1.54) is 19.3 Å². The molecule has 1 N–H and O–H groups in total. The lowest BCUT2D eigenvalue weighted by molar-refractivity contribution is -0.144. The Morgan fingerprint density at radius 3 is 2.34 bits per heavy atom. The summed E-state index contributed by atoms with van der Waals surface area (Å²) in [5, 5.41) is 3.79. The van der Waals surface area contributed by atoms with Crippen LogP contribution in [0, 0.1) is 29.1 Å². The van der Waals surface area contributed by atoms with Crippen molar-refractivity contribution in [3.63, 3.8) is 0 Å². The number of carbonyl (C=O) groups is 1. The van der Waals surface area contributed by atoms with Crippen LogP contribution in [0.15, 0.2) is 23.0 Å². The van der Waals surface area contributed by atoms with Gasteiger partial charge in [-0.2, -0.15) is 0 Å². The van der Waals surface area contributed by atoms with Gasteiger partial charge >= 0.3 is 0 Å². The number of aromatic nitrogens is 1. The SMILES string of the molecule is O=C(NC(=S)N1CC2CC(C1)c1cccc(=O)n1C2)C12CC3CC(CC(C3)C1)C2. The topological polar surface area (TPSA) is 54.3 Å². The second-order valence-corrected chi connectivity index (χ2v) is 10.9. The summed E-state index contributed by atoms with van der Waals surface area (Å²) in [5.41, 5.74) is 1.06. The number of rotatable bonds is 1. The Bertz CT molecular complexity index is 903. The summed E-state index contributed by atoms with van der Waals surface area (Å²) in [6, 6.07) is 5.59.